The van der Waals surface area contributed by atoms with Crippen LogP contribution in [0.15, 0.2) is 24.3 Å². The fourth-order valence-electron chi connectivity index (χ4n) is 2.25. The molecule has 110 valence electrons. The maximum absolute atomic E-state index is 12.1. The minimum Gasteiger partial charge on any atom is -0.325 e. The molecule has 20 heavy (non-hydrogen) atoms. The third-order valence-electron chi connectivity index (χ3n) is 3.53. The molecule has 1 saturated heterocycles. The highest BCUT2D eigenvalue weighted by atomic mass is 32.2. The predicted molar refractivity (Wildman–Crippen MR) is 85.9 cm³/mol. The molecule has 0 spiro atoms. The van der Waals surface area contributed by atoms with Gasteiger partial charge in [-0.3, -0.25) is 15.0 Å². The highest BCUT2D eigenvalue weighted by molar-refractivity contribution is 7.99. The van der Waals surface area contributed by atoms with Gasteiger partial charge in [0.2, 0.25) is 5.91 Å². The van der Waals surface area contributed by atoms with Crippen LogP contribution in [0.3, 0.4) is 0 Å². The molecule has 5 heteroatoms. The van der Waals surface area contributed by atoms with Gasteiger partial charge in [0.25, 0.3) is 0 Å². The maximum atomic E-state index is 12.1. The van der Waals surface area contributed by atoms with Gasteiger partial charge in [0.15, 0.2) is 0 Å². The van der Waals surface area contributed by atoms with Crippen molar-refractivity contribution in [3.8, 4) is 0 Å². The van der Waals surface area contributed by atoms with E-state index in [2.05, 4.69) is 41.5 Å². The second-order valence-corrected chi connectivity index (χ2v) is 5.95. The molecule has 1 fully saturated rings. The van der Waals surface area contributed by atoms with Gasteiger partial charge in [0, 0.05) is 23.9 Å². The Morgan fingerprint density at radius 1 is 1.45 bits per heavy atom. The molecule has 0 aromatic heterocycles. The van der Waals surface area contributed by atoms with Crippen molar-refractivity contribution in [2.45, 2.75) is 26.4 Å². The third kappa shape index (κ3) is 4.23. The Kier molecular flexibility index (Phi) is 5.88. The number of hydrogen-bond donors (Lipinski definition) is 2. The van der Waals surface area contributed by atoms with Crippen molar-refractivity contribution < 1.29 is 4.79 Å². The van der Waals surface area contributed by atoms with E-state index in [0.717, 1.165) is 37.0 Å². The molecule has 1 heterocycles. The maximum Gasteiger partial charge on any atom is 0.242 e. The third-order valence-corrected chi connectivity index (χ3v) is 4.47. The van der Waals surface area contributed by atoms with Crippen LogP contribution in [-0.4, -0.2) is 41.6 Å². The Balaban J connectivity index is 1.96. The van der Waals surface area contributed by atoms with Crippen molar-refractivity contribution in [1.29, 1.82) is 0 Å². The van der Waals surface area contributed by atoms with Crippen LogP contribution in [0.25, 0.3) is 0 Å². The second kappa shape index (κ2) is 7.67. The Hall–Kier alpha value is -1.04. The van der Waals surface area contributed by atoms with E-state index in [-0.39, 0.29) is 11.9 Å². The van der Waals surface area contributed by atoms with Crippen molar-refractivity contribution in [2.75, 3.05) is 30.0 Å². The fraction of sp³-hybridized carbons (Fsp3) is 0.533. The number of amides is 1. The van der Waals surface area contributed by atoms with Gasteiger partial charge in [-0.1, -0.05) is 26.0 Å². The first-order valence-electron chi connectivity index (χ1n) is 7.16. The van der Waals surface area contributed by atoms with Crippen LogP contribution < -0.4 is 10.6 Å². The van der Waals surface area contributed by atoms with Crippen LogP contribution in [0, 0.1) is 0 Å². The summed E-state index contributed by atoms with van der Waals surface area (Å²) >= 11 is 1.76. The zero-order valence-electron chi connectivity index (χ0n) is 12.2. The number of benzene rings is 1. The summed E-state index contributed by atoms with van der Waals surface area (Å²) in [5.41, 5.74) is 2.12. The van der Waals surface area contributed by atoms with Crippen LogP contribution in [0.5, 0.6) is 0 Å². The molecule has 1 atom stereocenters. The highest BCUT2D eigenvalue weighted by Crippen LogP contribution is 2.15. The predicted octanol–water partition coefficient (Wildman–Crippen LogP) is 2.13. The van der Waals surface area contributed by atoms with E-state index in [1.54, 1.807) is 11.8 Å². The number of hydrogen-bond acceptors (Lipinski definition) is 4. The Morgan fingerprint density at radius 2 is 2.25 bits per heavy atom. The molecular weight excluding hydrogens is 270 g/mol. The van der Waals surface area contributed by atoms with E-state index in [1.807, 2.05) is 12.1 Å². The van der Waals surface area contributed by atoms with Crippen molar-refractivity contribution in [3.63, 3.8) is 0 Å². The van der Waals surface area contributed by atoms with Gasteiger partial charge < -0.3 is 5.32 Å². The lowest BCUT2D eigenvalue weighted by molar-refractivity contribution is -0.117. The Labute approximate surface area is 125 Å². The number of rotatable bonds is 6. The molecule has 1 aliphatic rings. The lowest BCUT2D eigenvalue weighted by Gasteiger charge is -2.18. The summed E-state index contributed by atoms with van der Waals surface area (Å²) in [5, 5.41) is 6.18. The minimum absolute atomic E-state index is 0.0635. The Bertz CT molecular complexity index is 442. The van der Waals surface area contributed by atoms with Gasteiger partial charge in [0.05, 0.1) is 6.04 Å². The quantitative estimate of drug-likeness (QED) is 0.843. The number of carbonyl (C=O) groups excluding carboxylic acids is 1. The number of thioether (sulfide) groups is 1. The zero-order chi connectivity index (χ0) is 14.4. The van der Waals surface area contributed by atoms with Gasteiger partial charge in [-0.25, -0.2) is 0 Å². The van der Waals surface area contributed by atoms with E-state index in [9.17, 15) is 4.79 Å². The average molecular weight is 293 g/mol. The summed E-state index contributed by atoms with van der Waals surface area (Å²) < 4.78 is 0. The normalized spacial score (nSPS) is 18.4. The molecular formula is C15H23N3OS. The first kappa shape index (κ1) is 15.4. The summed E-state index contributed by atoms with van der Waals surface area (Å²) in [4.78, 5) is 14.4. The lowest BCUT2D eigenvalue weighted by atomic mass is 10.1. The van der Waals surface area contributed by atoms with Crippen LogP contribution >= 0.6 is 11.8 Å². The highest BCUT2D eigenvalue weighted by Gasteiger charge is 2.22. The van der Waals surface area contributed by atoms with Crippen LogP contribution in [0.4, 0.5) is 5.69 Å². The second-order valence-electron chi connectivity index (χ2n) is 4.92. The minimum atomic E-state index is -0.0635. The molecule has 1 amide bonds. The monoisotopic (exact) mass is 293 g/mol. The van der Waals surface area contributed by atoms with E-state index in [0.29, 0.717) is 0 Å². The van der Waals surface area contributed by atoms with E-state index in [4.69, 9.17) is 0 Å². The molecule has 1 aromatic carbocycles. The van der Waals surface area contributed by atoms with E-state index >= 15 is 0 Å². The molecule has 1 unspecified atom stereocenters. The van der Waals surface area contributed by atoms with Crippen molar-refractivity contribution in [2.24, 2.45) is 0 Å². The zero-order valence-corrected chi connectivity index (χ0v) is 13.0. The Morgan fingerprint density at radius 3 is 2.90 bits per heavy atom. The summed E-state index contributed by atoms with van der Waals surface area (Å²) in [6, 6.07) is 8.07. The molecule has 4 nitrogen and oxygen atoms in total. The molecule has 2 N–H and O–H groups in total. The number of nitrogens with one attached hydrogen (secondary N) is 2. The van der Waals surface area contributed by atoms with Gasteiger partial charge in [-0.05, 0) is 30.8 Å². The standard InChI is InChI=1S/C15H23N3OS/c1-3-18(4-2)9-12-6-5-7-13(8-12)17-15(19)14-10-20-11-16-14/h5-8,14,16H,3-4,9-11H2,1-2H3,(H,17,19). The largest absolute Gasteiger partial charge is 0.325 e. The topological polar surface area (TPSA) is 44.4 Å². The van der Waals surface area contributed by atoms with Crippen LogP contribution in [0.2, 0.25) is 0 Å². The molecule has 0 radical (unpaired) electrons. The van der Waals surface area contributed by atoms with Crippen molar-refractivity contribution >= 4 is 23.4 Å². The smallest absolute Gasteiger partial charge is 0.242 e. The molecule has 0 saturated carbocycles. The van der Waals surface area contributed by atoms with E-state index < -0.39 is 0 Å². The summed E-state index contributed by atoms with van der Waals surface area (Å²) in [7, 11) is 0. The van der Waals surface area contributed by atoms with E-state index in [1.165, 1.54) is 5.56 Å². The molecule has 1 aliphatic heterocycles. The summed E-state index contributed by atoms with van der Waals surface area (Å²) in [6.45, 7) is 7.33. The van der Waals surface area contributed by atoms with Gasteiger partial charge >= 0.3 is 0 Å². The SMILES string of the molecule is CCN(CC)Cc1cccc(NC(=O)C2CSCN2)c1. The number of carbonyl (C=O) groups is 1. The molecule has 0 aliphatic carbocycles. The lowest BCUT2D eigenvalue weighted by Crippen LogP contribution is -2.37. The van der Waals surface area contributed by atoms with Gasteiger partial charge in [0.1, 0.15) is 0 Å². The van der Waals surface area contributed by atoms with Crippen LogP contribution in [-0.2, 0) is 11.3 Å². The van der Waals surface area contributed by atoms with Crippen molar-refractivity contribution in [3.05, 3.63) is 29.8 Å². The molecule has 0 bridgehead atoms. The van der Waals surface area contributed by atoms with Gasteiger partial charge in [-0.15, -0.1) is 11.8 Å². The number of anilines is 1. The molecule has 1 aromatic rings. The molecule has 2 rings (SSSR count). The first-order valence-corrected chi connectivity index (χ1v) is 8.31. The fourth-order valence-corrected chi connectivity index (χ4v) is 3.19. The number of nitrogens with zero attached hydrogens (tertiary/aromatic N) is 1. The first-order chi connectivity index (χ1) is 9.72. The van der Waals surface area contributed by atoms with Crippen molar-refractivity contribution in [1.82, 2.24) is 10.2 Å². The van der Waals surface area contributed by atoms with Gasteiger partial charge in [-0.2, -0.15) is 0 Å². The summed E-state index contributed by atoms with van der Waals surface area (Å²) in [6.07, 6.45) is 0. The van der Waals surface area contributed by atoms with Crippen LogP contribution in [0.1, 0.15) is 19.4 Å². The average Bonchev–Trinajstić information content (AvgIpc) is 2.99. The summed E-state index contributed by atoms with van der Waals surface area (Å²) in [5.74, 6) is 1.78.